The number of hydrogen-bond donors (Lipinski definition) is 0. The summed E-state index contributed by atoms with van der Waals surface area (Å²) >= 11 is 0. The van der Waals surface area contributed by atoms with Gasteiger partial charge in [-0.3, -0.25) is 0 Å². The molecule has 0 heterocycles. The van der Waals surface area contributed by atoms with E-state index in [2.05, 4.69) is 278 Å². The molecule has 0 aromatic heterocycles. The third-order valence-electron chi connectivity index (χ3n) is 13.6. The second-order valence-electron chi connectivity index (χ2n) is 17.2. The molecule has 0 aliphatic heterocycles. The largest absolute Gasteiger partial charge is 0.310 e. The molecule has 1 nitrogen and oxygen atoms in total. The third-order valence-corrected chi connectivity index (χ3v) is 13.6. The minimum absolute atomic E-state index is 0.499. The number of nitrogens with zero attached hydrogens (tertiary/aromatic N) is 1. The second-order valence-corrected chi connectivity index (χ2v) is 17.2. The molecule has 0 saturated carbocycles. The molecule has 1 aliphatic rings. The molecule has 0 bridgehead atoms. The van der Waals surface area contributed by atoms with Gasteiger partial charge in [0.1, 0.15) is 0 Å². The van der Waals surface area contributed by atoms with Gasteiger partial charge in [0.25, 0.3) is 0 Å². The number of benzene rings is 11. The maximum absolute atomic E-state index is 2.45. The van der Waals surface area contributed by atoms with Gasteiger partial charge in [0, 0.05) is 16.9 Å². The summed E-state index contributed by atoms with van der Waals surface area (Å²) in [6.45, 7) is 0. The molecule has 0 N–H and O–H groups in total. The Morgan fingerprint density at radius 3 is 1.29 bits per heavy atom. The lowest BCUT2D eigenvalue weighted by molar-refractivity contribution is 0.768. The van der Waals surface area contributed by atoms with Crippen molar-refractivity contribution >= 4 is 27.8 Å². The minimum Gasteiger partial charge on any atom is -0.310 e. The fraction of sp³-hybridized carbons (Fsp3) is 0.0154. The SMILES string of the molecule is c1ccc(-c2ccc(N(c3ccc(-c4ccc(-c5cccc(-c6ccc7ccccc7c6)c5)cc4)cc3)c3cccc4c3-c3ccccc3C4(c3ccccc3)c3ccccc3)cc2)cc1. The van der Waals surface area contributed by atoms with Crippen molar-refractivity contribution in [2.75, 3.05) is 4.90 Å². The average Bonchev–Trinajstić information content (AvgIpc) is 3.71. The van der Waals surface area contributed by atoms with Crippen LogP contribution in [-0.4, -0.2) is 0 Å². The average molecular weight is 840 g/mol. The van der Waals surface area contributed by atoms with Crippen LogP contribution in [0.3, 0.4) is 0 Å². The van der Waals surface area contributed by atoms with Crippen LogP contribution in [0.5, 0.6) is 0 Å². The zero-order chi connectivity index (χ0) is 43.9. The van der Waals surface area contributed by atoms with Crippen molar-refractivity contribution in [3.05, 3.63) is 295 Å². The minimum atomic E-state index is -0.499. The molecule has 0 radical (unpaired) electrons. The van der Waals surface area contributed by atoms with Crippen LogP contribution in [0.4, 0.5) is 17.1 Å². The van der Waals surface area contributed by atoms with E-state index in [0.29, 0.717) is 0 Å². The lowest BCUT2D eigenvalue weighted by Gasteiger charge is -2.34. The Hall–Kier alpha value is -8.52. The molecule has 0 spiro atoms. The Morgan fingerprint density at radius 2 is 0.667 bits per heavy atom. The first-order chi connectivity index (χ1) is 32.7. The molecule has 11 aromatic carbocycles. The normalized spacial score (nSPS) is 12.4. The highest BCUT2D eigenvalue weighted by atomic mass is 15.1. The van der Waals surface area contributed by atoms with Crippen molar-refractivity contribution in [3.8, 4) is 55.6 Å². The summed E-state index contributed by atoms with van der Waals surface area (Å²) in [7, 11) is 0. The monoisotopic (exact) mass is 839 g/mol. The van der Waals surface area contributed by atoms with E-state index in [1.165, 1.54) is 88.7 Å². The quantitative estimate of drug-likeness (QED) is 0.140. The van der Waals surface area contributed by atoms with E-state index >= 15 is 0 Å². The van der Waals surface area contributed by atoms with E-state index in [1.807, 2.05) is 0 Å². The summed E-state index contributed by atoms with van der Waals surface area (Å²) in [4.78, 5) is 2.45. The molecule has 0 saturated heterocycles. The fourth-order valence-electron chi connectivity index (χ4n) is 10.4. The van der Waals surface area contributed by atoms with Crippen LogP contribution in [0.25, 0.3) is 66.4 Å². The maximum Gasteiger partial charge on any atom is 0.0714 e. The first-order valence-corrected chi connectivity index (χ1v) is 22.8. The van der Waals surface area contributed by atoms with Crippen molar-refractivity contribution in [1.82, 2.24) is 0 Å². The molecule has 0 fully saturated rings. The van der Waals surface area contributed by atoms with Crippen LogP contribution in [0, 0.1) is 0 Å². The molecule has 1 aliphatic carbocycles. The Bertz CT molecular complexity index is 3440. The molecule has 1 heteroatoms. The Kier molecular flexibility index (Phi) is 9.81. The van der Waals surface area contributed by atoms with Crippen molar-refractivity contribution in [1.29, 1.82) is 0 Å². The van der Waals surface area contributed by atoms with Gasteiger partial charge in [0.05, 0.1) is 11.1 Å². The van der Waals surface area contributed by atoms with Gasteiger partial charge in [-0.1, -0.05) is 231 Å². The molecule has 0 amide bonds. The summed E-state index contributed by atoms with van der Waals surface area (Å²) in [5.41, 5.74) is 20.0. The van der Waals surface area contributed by atoms with Crippen molar-refractivity contribution in [3.63, 3.8) is 0 Å². The zero-order valence-electron chi connectivity index (χ0n) is 36.4. The molecule has 0 unspecified atom stereocenters. The predicted octanol–water partition coefficient (Wildman–Crippen LogP) is 17.3. The maximum atomic E-state index is 2.45. The Balaban J connectivity index is 0.948. The van der Waals surface area contributed by atoms with Crippen LogP contribution in [-0.2, 0) is 5.41 Å². The molecule has 66 heavy (non-hydrogen) atoms. The first kappa shape index (κ1) is 39.1. The number of fused-ring (bicyclic) bond motifs is 4. The van der Waals surface area contributed by atoms with Gasteiger partial charge in [-0.25, -0.2) is 0 Å². The highest BCUT2D eigenvalue weighted by molar-refractivity contribution is 5.98. The molecular formula is C65H45N. The summed E-state index contributed by atoms with van der Waals surface area (Å²) in [6, 6.07) is 99.9. The van der Waals surface area contributed by atoms with Crippen LogP contribution < -0.4 is 4.90 Å². The molecular weight excluding hydrogens is 795 g/mol. The standard InChI is InChI=1S/C65H45N/c1-4-16-46(17-5-1)49-36-40-58(41-37-49)66(63-29-15-28-62-64(63)60-26-12-13-27-61(60)65(62,56-22-6-2-7-23-56)57-24-8-3-9-25-57)59-42-38-50(39-43-59)48-30-32-51(33-31-48)53-20-14-21-54(44-53)55-35-34-47-18-10-11-19-52(47)45-55/h1-45H. The van der Waals surface area contributed by atoms with Gasteiger partial charge in [-0.2, -0.15) is 0 Å². The topological polar surface area (TPSA) is 3.24 Å². The summed E-state index contributed by atoms with van der Waals surface area (Å²) in [6.07, 6.45) is 0. The molecule has 12 rings (SSSR count). The highest BCUT2D eigenvalue weighted by Crippen LogP contribution is 2.59. The van der Waals surface area contributed by atoms with Crippen molar-refractivity contribution in [2.24, 2.45) is 0 Å². The van der Waals surface area contributed by atoms with Gasteiger partial charge in [0.15, 0.2) is 0 Å². The number of hydrogen-bond acceptors (Lipinski definition) is 1. The van der Waals surface area contributed by atoms with E-state index in [0.717, 1.165) is 17.1 Å². The van der Waals surface area contributed by atoms with Crippen molar-refractivity contribution in [2.45, 2.75) is 5.41 Å². The predicted molar refractivity (Wildman–Crippen MR) is 278 cm³/mol. The summed E-state index contributed by atoms with van der Waals surface area (Å²) < 4.78 is 0. The Labute approximate surface area is 387 Å². The van der Waals surface area contributed by atoms with E-state index in [-0.39, 0.29) is 0 Å². The third kappa shape index (κ3) is 6.73. The van der Waals surface area contributed by atoms with E-state index in [4.69, 9.17) is 0 Å². The van der Waals surface area contributed by atoms with E-state index in [1.54, 1.807) is 0 Å². The molecule has 310 valence electrons. The van der Waals surface area contributed by atoms with E-state index in [9.17, 15) is 0 Å². The van der Waals surface area contributed by atoms with Crippen molar-refractivity contribution < 1.29 is 0 Å². The van der Waals surface area contributed by atoms with Crippen LogP contribution in [0.1, 0.15) is 22.3 Å². The lowest BCUT2D eigenvalue weighted by atomic mass is 9.68. The number of anilines is 3. The van der Waals surface area contributed by atoms with Gasteiger partial charge < -0.3 is 4.90 Å². The molecule has 11 aromatic rings. The van der Waals surface area contributed by atoms with Crippen LogP contribution >= 0.6 is 0 Å². The van der Waals surface area contributed by atoms with Crippen LogP contribution in [0.2, 0.25) is 0 Å². The lowest BCUT2D eigenvalue weighted by Crippen LogP contribution is -2.28. The highest BCUT2D eigenvalue weighted by Gasteiger charge is 2.47. The van der Waals surface area contributed by atoms with E-state index < -0.39 is 5.41 Å². The fourth-order valence-corrected chi connectivity index (χ4v) is 10.4. The van der Waals surface area contributed by atoms with Gasteiger partial charge in [-0.15, -0.1) is 0 Å². The van der Waals surface area contributed by atoms with Gasteiger partial charge in [0.2, 0.25) is 0 Å². The number of rotatable bonds is 9. The van der Waals surface area contributed by atoms with Gasteiger partial charge in [-0.05, 0) is 126 Å². The summed E-state index contributed by atoms with van der Waals surface area (Å²) in [5, 5.41) is 2.51. The Morgan fingerprint density at radius 1 is 0.258 bits per heavy atom. The first-order valence-electron chi connectivity index (χ1n) is 22.8. The smallest absolute Gasteiger partial charge is 0.0714 e. The van der Waals surface area contributed by atoms with Crippen LogP contribution in [0.15, 0.2) is 273 Å². The van der Waals surface area contributed by atoms with Gasteiger partial charge >= 0.3 is 0 Å². The zero-order valence-corrected chi connectivity index (χ0v) is 36.4. The molecule has 0 atom stereocenters. The summed E-state index contributed by atoms with van der Waals surface area (Å²) in [5.74, 6) is 0. The second kappa shape index (κ2) is 16.6.